The molecular formula is C26H20O3S. The van der Waals surface area contributed by atoms with Crippen LogP contribution in [0.1, 0.15) is 16.7 Å². The molecule has 5 rings (SSSR count). The summed E-state index contributed by atoms with van der Waals surface area (Å²) in [6.07, 6.45) is 0.820. The quantitative estimate of drug-likeness (QED) is 0.340. The highest BCUT2D eigenvalue weighted by Gasteiger charge is 2.24. The second-order valence-electron chi connectivity index (χ2n) is 7.51. The van der Waals surface area contributed by atoms with Crippen LogP contribution in [-0.4, -0.2) is 8.42 Å². The summed E-state index contributed by atoms with van der Waals surface area (Å²) in [5, 5.41) is 0. The molecule has 4 heteroatoms. The molecule has 0 amide bonds. The van der Waals surface area contributed by atoms with E-state index in [-0.39, 0.29) is 4.90 Å². The minimum Gasteiger partial charge on any atom is -0.378 e. The summed E-state index contributed by atoms with van der Waals surface area (Å²) in [4.78, 5) is 0.147. The Balaban J connectivity index is 1.58. The highest BCUT2D eigenvalue weighted by Crippen LogP contribution is 2.43. The lowest BCUT2D eigenvalue weighted by atomic mass is 9.95. The van der Waals surface area contributed by atoms with E-state index in [0.29, 0.717) is 5.75 Å². The number of rotatable bonds is 4. The average Bonchev–Trinajstić information content (AvgIpc) is 3.13. The van der Waals surface area contributed by atoms with Crippen LogP contribution in [-0.2, 0) is 16.5 Å². The van der Waals surface area contributed by atoms with E-state index in [1.807, 2.05) is 37.3 Å². The summed E-state index contributed by atoms with van der Waals surface area (Å²) < 4.78 is 31.4. The van der Waals surface area contributed by atoms with Gasteiger partial charge in [0.25, 0.3) is 0 Å². The Morgan fingerprint density at radius 3 is 2.03 bits per heavy atom. The fourth-order valence-corrected chi connectivity index (χ4v) is 4.99. The number of aryl methyl sites for hydroxylation is 1. The highest BCUT2D eigenvalue weighted by atomic mass is 32.2. The lowest BCUT2D eigenvalue weighted by Gasteiger charge is -2.14. The van der Waals surface area contributed by atoms with Gasteiger partial charge in [0.2, 0.25) is 0 Å². The molecule has 1 aliphatic rings. The van der Waals surface area contributed by atoms with E-state index in [0.717, 1.165) is 23.1 Å². The molecule has 0 N–H and O–H groups in total. The first-order chi connectivity index (χ1) is 14.5. The monoisotopic (exact) mass is 412 g/mol. The second kappa shape index (κ2) is 7.15. The van der Waals surface area contributed by atoms with Crippen molar-refractivity contribution in [3.8, 4) is 28.0 Å². The molecule has 4 aromatic rings. The molecular weight excluding hydrogens is 392 g/mol. The summed E-state index contributed by atoms with van der Waals surface area (Å²) in [5.41, 5.74) is 7.68. The van der Waals surface area contributed by atoms with Gasteiger partial charge in [-0.2, -0.15) is 8.42 Å². The van der Waals surface area contributed by atoms with E-state index in [9.17, 15) is 8.42 Å². The fourth-order valence-electron chi connectivity index (χ4n) is 4.04. The summed E-state index contributed by atoms with van der Waals surface area (Å²) >= 11 is 0. The topological polar surface area (TPSA) is 43.4 Å². The van der Waals surface area contributed by atoms with E-state index in [1.165, 1.54) is 22.3 Å². The smallest absolute Gasteiger partial charge is 0.339 e. The van der Waals surface area contributed by atoms with Crippen LogP contribution in [0.15, 0.2) is 95.9 Å². The van der Waals surface area contributed by atoms with E-state index < -0.39 is 10.1 Å². The lowest BCUT2D eigenvalue weighted by molar-refractivity contribution is 0.487. The number of hydrogen-bond donors (Lipinski definition) is 0. The molecule has 0 saturated carbocycles. The van der Waals surface area contributed by atoms with Crippen molar-refractivity contribution in [2.24, 2.45) is 0 Å². The number of benzene rings is 4. The minimum absolute atomic E-state index is 0.147. The van der Waals surface area contributed by atoms with Crippen molar-refractivity contribution < 1.29 is 12.6 Å². The van der Waals surface area contributed by atoms with Gasteiger partial charge in [0.15, 0.2) is 5.75 Å². The molecule has 0 unspecified atom stereocenters. The van der Waals surface area contributed by atoms with Crippen LogP contribution in [0.25, 0.3) is 22.3 Å². The van der Waals surface area contributed by atoms with Crippen LogP contribution in [0.4, 0.5) is 0 Å². The summed E-state index contributed by atoms with van der Waals surface area (Å²) in [6, 6.07) is 28.6. The van der Waals surface area contributed by atoms with E-state index in [2.05, 4.69) is 24.3 Å². The van der Waals surface area contributed by atoms with Crippen LogP contribution in [0.5, 0.6) is 5.75 Å². The predicted octanol–water partition coefficient (Wildman–Crippen LogP) is 6.00. The third kappa shape index (κ3) is 3.19. The van der Waals surface area contributed by atoms with E-state index >= 15 is 0 Å². The maximum absolute atomic E-state index is 12.9. The van der Waals surface area contributed by atoms with Gasteiger partial charge >= 0.3 is 10.1 Å². The van der Waals surface area contributed by atoms with E-state index in [1.54, 1.807) is 36.4 Å². The van der Waals surface area contributed by atoms with Gasteiger partial charge in [-0.05, 0) is 59.4 Å². The van der Waals surface area contributed by atoms with Crippen LogP contribution in [0, 0.1) is 6.92 Å². The molecule has 0 fully saturated rings. The standard InChI is InChI=1S/C26H20O3S/c1-18-13-15-20(16-14-18)30(27,28)29-26-12-5-4-9-24(26)23-11-6-10-22-21-8-3-2-7-19(21)17-25(22)23/h2-16H,17H2,1H3. The van der Waals surface area contributed by atoms with Crippen molar-refractivity contribution in [3.63, 3.8) is 0 Å². The van der Waals surface area contributed by atoms with Gasteiger partial charge in [-0.15, -0.1) is 0 Å². The molecule has 0 bridgehead atoms. The summed E-state index contributed by atoms with van der Waals surface area (Å²) in [6.45, 7) is 1.92. The molecule has 0 heterocycles. The number of para-hydroxylation sites is 1. The Bertz CT molecular complexity index is 1350. The third-order valence-corrected chi connectivity index (χ3v) is 6.79. The van der Waals surface area contributed by atoms with Gasteiger partial charge in [-0.1, -0.05) is 78.4 Å². The Morgan fingerprint density at radius 2 is 1.27 bits per heavy atom. The first-order valence-electron chi connectivity index (χ1n) is 9.84. The van der Waals surface area contributed by atoms with Crippen molar-refractivity contribution in [1.29, 1.82) is 0 Å². The molecule has 0 aliphatic heterocycles. The van der Waals surface area contributed by atoms with Gasteiger partial charge in [-0.25, -0.2) is 0 Å². The summed E-state index contributed by atoms with van der Waals surface area (Å²) in [7, 11) is -3.93. The zero-order valence-electron chi connectivity index (χ0n) is 16.5. The first kappa shape index (κ1) is 18.6. The zero-order valence-corrected chi connectivity index (χ0v) is 17.3. The van der Waals surface area contributed by atoms with Crippen molar-refractivity contribution in [2.45, 2.75) is 18.2 Å². The van der Waals surface area contributed by atoms with Crippen molar-refractivity contribution in [3.05, 3.63) is 108 Å². The molecule has 3 nitrogen and oxygen atoms in total. The SMILES string of the molecule is Cc1ccc(S(=O)(=O)Oc2ccccc2-c2cccc3c2Cc2ccccc2-3)cc1. The lowest BCUT2D eigenvalue weighted by Crippen LogP contribution is -2.10. The molecule has 0 radical (unpaired) electrons. The molecule has 0 atom stereocenters. The number of hydrogen-bond acceptors (Lipinski definition) is 3. The minimum atomic E-state index is -3.93. The van der Waals surface area contributed by atoms with Gasteiger partial charge in [-0.3, -0.25) is 0 Å². The largest absolute Gasteiger partial charge is 0.378 e. The normalized spacial score (nSPS) is 12.3. The fraction of sp³-hybridized carbons (Fsp3) is 0.0769. The van der Waals surface area contributed by atoms with Gasteiger partial charge < -0.3 is 4.18 Å². The number of fused-ring (bicyclic) bond motifs is 3. The third-order valence-electron chi connectivity index (χ3n) is 5.54. The Morgan fingerprint density at radius 1 is 0.667 bits per heavy atom. The maximum Gasteiger partial charge on any atom is 0.339 e. The molecule has 0 spiro atoms. The molecule has 4 aromatic carbocycles. The van der Waals surface area contributed by atoms with Crippen LogP contribution < -0.4 is 4.18 Å². The van der Waals surface area contributed by atoms with Gasteiger partial charge in [0.1, 0.15) is 4.90 Å². The second-order valence-corrected chi connectivity index (χ2v) is 9.06. The van der Waals surface area contributed by atoms with Crippen LogP contribution in [0.3, 0.4) is 0 Å². The molecule has 0 aromatic heterocycles. The van der Waals surface area contributed by atoms with Crippen molar-refractivity contribution >= 4 is 10.1 Å². The highest BCUT2D eigenvalue weighted by molar-refractivity contribution is 7.87. The maximum atomic E-state index is 12.9. The molecule has 1 aliphatic carbocycles. The molecule has 0 saturated heterocycles. The Hall–Kier alpha value is -3.37. The Labute approximate surface area is 176 Å². The van der Waals surface area contributed by atoms with Gasteiger partial charge in [0.05, 0.1) is 0 Å². The first-order valence-corrected chi connectivity index (χ1v) is 11.2. The van der Waals surface area contributed by atoms with Crippen molar-refractivity contribution in [2.75, 3.05) is 0 Å². The van der Waals surface area contributed by atoms with Crippen molar-refractivity contribution in [1.82, 2.24) is 0 Å². The van der Waals surface area contributed by atoms with Crippen LogP contribution in [0.2, 0.25) is 0 Å². The summed E-state index contributed by atoms with van der Waals surface area (Å²) in [5.74, 6) is 0.336. The Kier molecular flexibility index (Phi) is 4.44. The van der Waals surface area contributed by atoms with Gasteiger partial charge in [0, 0.05) is 5.56 Å². The van der Waals surface area contributed by atoms with Crippen LogP contribution >= 0.6 is 0 Å². The average molecular weight is 413 g/mol. The molecule has 148 valence electrons. The van der Waals surface area contributed by atoms with E-state index in [4.69, 9.17) is 4.18 Å². The molecule has 30 heavy (non-hydrogen) atoms. The predicted molar refractivity (Wildman–Crippen MR) is 119 cm³/mol. The zero-order chi connectivity index (χ0) is 20.7.